The van der Waals surface area contributed by atoms with E-state index in [4.69, 9.17) is 18.8 Å². The summed E-state index contributed by atoms with van der Waals surface area (Å²) in [5, 5.41) is 3.55. The van der Waals surface area contributed by atoms with E-state index in [1.54, 1.807) is 0 Å². The number of fused-ring (bicyclic) bond motifs is 6. The standard InChI is InChI=1S/C27H18N2O3/c1-15-7-9-17(10-8-15)28-21-14-23-25(20-6-4-3-5-19(20)21)29-26-22(31-23)12-11-18-16(2)13-24(30)32-27(18)26/h3-14H,1-2H3. The fourth-order valence-electron chi connectivity index (χ4n) is 4.13. The van der Waals surface area contributed by atoms with Crippen LogP contribution in [0.2, 0.25) is 0 Å². The van der Waals surface area contributed by atoms with Gasteiger partial charge < -0.3 is 8.83 Å². The fourth-order valence-corrected chi connectivity index (χ4v) is 4.13. The largest absolute Gasteiger partial charge is 0.453 e. The summed E-state index contributed by atoms with van der Waals surface area (Å²) in [6.07, 6.45) is 0. The molecule has 0 N–H and O–H groups in total. The van der Waals surface area contributed by atoms with Crippen molar-refractivity contribution >= 4 is 38.5 Å². The lowest BCUT2D eigenvalue weighted by molar-refractivity contribution is 0.559. The van der Waals surface area contributed by atoms with Crippen molar-refractivity contribution in [2.24, 2.45) is 4.99 Å². The van der Waals surface area contributed by atoms with Crippen LogP contribution >= 0.6 is 0 Å². The molecule has 0 atom stereocenters. The predicted octanol–water partition coefficient (Wildman–Crippen LogP) is 6.04. The first-order valence-electron chi connectivity index (χ1n) is 10.4. The predicted molar refractivity (Wildman–Crippen MR) is 125 cm³/mol. The minimum Gasteiger partial charge on any atom is -0.453 e. The highest BCUT2D eigenvalue weighted by Gasteiger charge is 2.17. The van der Waals surface area contributed by atoms with Gasteiger partial charge in [-0.2, -0.15) is 0 Å². The van der Waals surface area contributed by atoms with Crippen molar-refractivity contribution in [1.29, 1.82) is 0 Å². The van der Waals surface area contributed by atoms with Crippen molar-refractivity contribution in [3.05, 3.63) is 99.7 Å². The van der Waals surface area contributed by atoms with Crippen LogP contribution in [0, 0.1) is 13.8 Å². The molecule has 2 aliphatic rings. The average Bonchev–Trinajstić information content (AvgIpc) is 2.79. The zero-order valence-corrected chi connectivity index (χ0v) is 17.5. The van der Waals surface area contributed by atoms with E-state index in [0.717, 1.165) is 32.8 Å². The number of benzene rings is 4. The summed E-state index contributed by atoms with van der Waals surface area (Å²) in [5.74, 6) is 0.622. The Kier molecular flexibility index (Phi) is 3.98. The normalized spacial score (nSPS) is 12.4. The molecule has 154 valence electrons. The Morgan fingerprint density at radius 3 is 2.41 bits per heavy atom. The molecule has 32 heavy (non-hydrogen) atoms. The Morgan fingerprint density at radius 2 is 1.59 bits per heavy atom. The van der Waals surface area contributed by atoms with Gasteiger partial charge in [0.25, 0.3) is 0 Å². The van der Waals surface area contributed by atoms with E-state index >= 15 is 0 Å². The van der Waals surface area contributed by atoms with Crippen LogP contribution in [-0.4, -0.2) is 4.98 Å². The fraction of sp³-hybridized carbons (Fsp3) is 0.0741. The SMILES string of the molecule is Cc1ccc(N=c2cc3oc4ccc5c(C)cc(=O)oc5c4nc-3c3ccccc23)cc1. The Labute approximate surface area is 182 Å². The zero-order valence-electron chi connectivity index (χ0n) is 17.5. The molecule has 0 amide bonds. The van der Waals surface area contributed by atoms with Gasteiger partial charge in [0, 0.05) is 28.3 Å². The highest BCUT2D eigenvalue weighted by Crippen LogP contribution is 2.33. The second-order valence-electron chi connectivity index (χ2n) is 7.99. The van der Waals surface area contributed by atoms with Crippen molar-refractivity contribution < 1.29 is 8.83 Å². The van der Waals surface area contributed by atoms with Gasteiger partial charge in [0.1, 0.15) is 11.2 Å². The van der Waals surface area contributed by atoms with Crippen LogP contribution < -0.4 is 11.0 Å². The summed E-state index contributed by atoms with van der Waals surface area (Å²) >= 11 is 0. The quantitative estimate of drug-likeness (QED) is 0.185. The van der Waals surface area contributed by atoms with Gasteiger partial charge in [-0.3, -0.25) is 0 Å². The van der Waals surface area contributed by atoms with Crippen LogP contribution in [0.1, 0.15) is 11.1 Å². The van der Waals surface area contributed by atoms with Crippen LogP contribution in [0.4, 0.5) is 5.69 Å². The van der Waals surface area contributed by atoms with Gasteiger partial charge >= 0.3 is 5.63 Å². The van der Waals surface area contributed by atoms with E-state index in [0.29, 0.717) is 28.1 Å². The van der Waals surface area contributed by atoms with Gasteiger partial charge in [-0.1, -0.05) is 42.0 Å². The number of hydrogen-bond donors (Lipinski definition) is 0. The highest BCUT2D eigenvalue weighted by molar-refractivity contribution is 6.03. The van der Waals surface area contributed by atoms with Gasteiger partial charge in [0.2, 0.25) is 0 Å². The van der Waals surface area contributed by atoms with Crippen molar-refractivity contribution in [1.82, 2.24) is 4.98 Å². The molecule has 0 bridgehead atoms. The summed E-state index contributed by atoms with van der Waals surface area (Å²) in [6.45, 7) is 3.94. The first-order chi connectivity index (χ1) is 15.6. The molecule has 0 saturated carbocycles. The number of aromatic nitrogens is 1. The summed E-state index contributed by atoms with van der Waals surface area (Å²) in [4.78, 5) is 21.8. The molecule has 2 heterocycles. The van der Waals surface area contributed by atoms with Crippen LogP contribution in [0.25, 0.3) is 44.3 Å². The molecule has 0 unspecified atom stereocenters. The summed E-state index contributed by atoms with van der Waals surface area (Å²) < 4.78 is 11.8. The van der Waals surface area contributed by atoms with E-state index < -0.39 is 5.63 Å². The molecule has 5 nitrogen and oxygen atoms in total. The molecule has 0 spiro atoms. The van der Waals surface area contributed by atoms with E-state index in [9.17, 15) is 4.79 Å². The molecule has 0 fully saturated rings. The maximum Gasteiger partial charge on any atom is 0.336 e. The number of aryl methyl sites for hydroxylation is 2. The third-order valence-electron chi connectivity index (χ3n) is 5.74. The van der Waals surface area contributed by atoms with Crippen molar-refractivity contribution in [3.63, 3.8) is 0 Å². The molecule has 5 heteroatoms. The lowest BCUT2D eigenvalue weighted by Crippen LogP contribution is -2.06. The number of rotatable bonds is 1. The molecular weight excluding hydrogens is 400 g/mol. The Morgan fingerprint density at radius 1 is 0.812 bits per heavy atom. The van der Waals surface area contributed by atoms with Crippen LogP contribution in [0.15, 0.2) is 91.4 Å². The van der Waals surface area contributed by atoms with Gasteiger partial charge in [0.15, 0.2) is 16.9 Å². The van der Waals surface area contributed by atoms with Gasteiger partial charge in [0.05, 0.1) is 11.0 Å². The molecular formula is C27H18N2O3. The molecule has 1 aromatic heterocycles. The lowest BCUT2D eigenvalue weighted by Gasteiger charge is -2.11. The van der Waals surface area contributed by atoms with Crippen molar-refractivity contribution in [3.8, 4) is 11.5 Å². The number of nitrogens with zero attached hydrogens (tertiary/aromatic N) is 2. The smallest absolute Gasteiger partial charge is 0.336 e. The lowest BCUT2D eigenvalue weighted by atomic mass is 10.0. The maximum absolute atomic E-state index is 12.0. The second-order valence-corrected chi connectivity index (χ2v) is 7.99. The Balaban J connectivity index is 1.74. The van der Waals surface area contributed by atoms with Gasteiger partial charge in [-0.15, -0.1) is 0 Å². The Hall–Kier alpha value is -4.25. The first kappa shape index (κ1) is 18.5. The molecule has 3 aromatic carbocycles. The van der Waals surface area contributed by atoms with E-state index in [2.05, 4.69) is 6.92 Å². The monoisotopic (exact) mass is 418 g/mol. The molecule has 1 aliphatic heterocycles. The molecule has 4 aromatic rings. The zero-order chi connectivity index (χ0) is 21.8. The van der Waals surface area contributed by atoms with E-state index in [1.165, 1.54) is 11.6 Å². The van der Waals surface area contributed by atoms with Gasteiger partial charge in [-0.25, -0.2) is 14.8 Å². The highest BCUT2D eigenvalue weighted by atomic mass is 16.4. The summed E-state index contributed by atoms with van der Waals surface area (Å²) in [5.41, 5.74) is 4.73. The van der Waals surface area contributed by atoms with Crippen molar-refractivity contribution in [2.45, 2.75) is 13.8 Å². The summed E-state index contributed by atoms with van der Waals surface area (Å²) in [7, 11) is 0. The topological polar surface area (TPSA) is 68.6 Å². The van der Waals surface area contributed by atoms with E-state index in [1.807, 2.05) is 73.7 Å². The number of hydrogen-bond acceptors (Lipinski definition) is 5. The minimum atomic E-state index is -0.401. The minimum absolute atomic E-state index is 0.401. The molecule has 1 aliphatic carbocycles. The van der Waals surface area contributed by atoms with E-state index in [-0.39, 0.29) is 0 Å². The van der Waals surface area contributed by atoms with Crippen LogP contribution in [0.3, 0.4) is 0 Å². The summed E-state index contributed by atoms with van der Waals surface area (Å²) in [6, 6.07) is 23.2. The average molecular weight is 418 g/mol. The maximum atomic E-state index is 12.0. The van der Waals surface area contributed by atoms with Crippen LogP contribution in [0.5, 0.6) is 0 Å². The third-order valence-corrected chi connectivity index (χ3v) is 5.74. The van der Waals surface area contributed by atoms with Crippen LogP contribution in [-0.2, 0) is 0 Å². The molecule has 0 saturated heterocycles. The van der Waals surface area contributed by atoms with Gasteiger partial charge in [-0.05, 0) is 43.7 Å². The Bertz CT molecular complexity index is 1760. The second kappa shape index (κ2) is 6.89. The first-order valence-corrected chi connectivity index (χ1v) is 10.4. The molecule has 0 radical (unpaired) electrons. The van der Waals surface area contributed by atoms with Crippen molar-refractivity contribution in [2.75, 3.05) is 0 Å². The third kappa shape index (κ3) is 2.90. The molecule has 6 rings (SSSR count).